The first-order valence-corrected chi connectivity index (χ1v) is 5.69. The summed E-state index contributed by atoms with van der Waals surface area (Å²) < 4.78 is 26.9. The maximum absolute atomic E-state index is 13.4. The van der Waals surface area contributed by atoms with Gasteiger partial charge in [0.15, 0.2) is 0 Å². The molecule has 0 aliphatic carbocycles. The molecule has 1 aromatic rings. The zero-order valence-corrected chi connectivity index (χ0v) is 10.0. The van der Waals surface area contributed by atoms with Gasteiger partial charge in [0.2, 0.25) is 0 Å². The minimum Gasteiger partial charge on any atom is -0.392 e. The van der Waals surface area contributed by atoms with Gasteiger partial charge in [0.05, 0.1) is 28.1 Å². The molecule has 0 fully saturated rings. The van der Waals surface area contributed by atoms with Crippen LogP contribution in [0.5, 0.6) is 0 Å². The normalized spacial score (nSPS) is 14.4. The predicted octanol–water partition coefficient (Wildman–Crippen LogP) is 2.73. The van der Waals surface area contributed by atoms with Crippen molar-refractivity contribution in [2.75, 3.05) is 0 Å². The first kappa shape index (κ1) is 13.9. The third kappa shape index (κ3) is 3.37. The summed E-state index contributed by atoms with van der Waals surface area (Å²) in [6.07, 6.45) is -0.742. The maximum Gasteiger partial charge on any atom is 0.275 e. The minimum atomic E-state index is -0.991. The second-order valence-electron chi connectivity index (χ2n) is 3.56. The van der Waals surface area contributed by atoms with Crippen LogP contribution in [0, 0.1) is 21.7 Å². The fraction of sp³-hybridized carbons (Fsp3) is 0.400. The monoisotopic (exact) mass is 263 g/mol. The van der Waals surface area contributed by atoms with Crippen LogP contribution in [-0.4, -0.2) is 21.4 Å². The number of hydrogen-bond donors (Lipinski definition) is 1. The molecule has 2 unspecified atom stereocenters. The number of benzene rings is 1. The second-order valence-corrected chi connectivity index (χ2v) is 4.95. The Morgan fingerprint density at radius 1 is 1.35 bits per heavy atom. The third-order valence-corrected chi connectivity index (χ3v) is 3.57. The van der Waals surface area contributed by atoms with Gasteiger partial charge in [0.1, 0.15) is 11.6 Å². The van der Waals surface area contributed by atoms with Crippen LogP contribution in [0.2, 0.25) is 0 Å². The molecule has 1 N–H and O–H groups in total. The molecule has 7 heteroatoms. The molecule has 0 heterocycles. The molecule has 0 radical (unpaired) electrons. The highest BCUT2D eigenvalue weighted by Crippen LogP contribution is 2.32. The molecule has 4 nitrogen and oxygen atoms in total. The summed E-state index contributed by atoms with van der Waals surface area (Å²) in [6, 6.07) is 1.33. The summed E-state index contributed by atoms with van der Waals surface area (Å²) in [6.45, 7) is 3.11. The summed E-state index contributed by atoms with van der Waals surface area (Å²) in [7, 11) is 0. The van der Waals surface area contributed by atoms with Crippen molar-refractivity contribution in [2.45, 2.75) is 30.1 Å². The van der Waals surface area contributed by atoms with Gasteiger partial charge in [-0.05, 0) is 6.92 Å². The zero-order valence-electron chi connectivity index (χ0n) is 9.18. The van der Waals surface area contributed by atoms with Gasteiger partial charge in [0, 0.05) is 5.25 Å². The Morgan fingerprint density at radius 3 is 2.18 bits per heavy atom. The van der Waals surface area contributed by atoms with E-state index in [1.807, 2.05) is 0 Å². The van der Waals surface area contributed by atoms with Gasteiger partial charge in [-0.2, -0.15) is 0 Å². The highest BCUT2D eigenvalue weighted by molar-refractivity contribution is 8.00. The summed E-state index contributed by atoms with van der Waals surface area (Å²) in [5, 5.41) is 19.2. The lowest BCUT2D eigenvalue weighted by Gasteiger charge is -2.14. The summed E-state index contributed by atoms with van der Waals surface area (Å²) in [5.74, 6) is -1.98. The van der Waals surface area contributed by atoms with Gasteiger partial charge < -0.3 is 5.11 Å². The van der Waals surface area contributed by atoms with Crippen molar-refractivity contribution in [1.82, 2.24) is 0 Å². The number of halogens is 2. The maximum atomic E-state index is 13.4. The molecule has 0 saturated heterocycles. The average Bonchev–Trinajstić information content (AvgIpc) is 2.22. The lowest BCUT2D eigenvalue weighted by atomic mass is 10.3. The molecule has 1 rings (SSSR count). The summed E-state index contributed by atoms with van der Waals surface area (Å²) >= 11 is 0.803. The molecule has 0 aliphatic rings. The first-order chi connectivity index (χ1) is 7.82. The van der Waals surface area contributed by atoms with Crippen LogP contribution >= 0.6 is 11.8 Å². The van der Waals surface area contributed by atoms with Gasteiger partial charge in [-0.25, -0.2) is 8.78 Å². The van der Waals surface area contributed by atoms with Crippen LogP contribution in [-0.2, 0) is 0 Å². The van der Waals surface area contributed by atoms with Crippen LogP contribution in [0.15, 0.2) is 17.0 Å². The van der Waals surface area contributed by atoms with Crippen LogP contribution in [0.25, 0.3) is 0 Å². The highest BCUT2D eigenvalue weighted by atomic mass is 32.2. The second kappa shape index (κ2) is 5.42. The minimum absolute atomic E-state index is 0.316. The first-order valence-electron chi connectivity index (χ1n) is 4.81. The Bertz CT molecular complexity index is 417. The Labute approximate surface area is 101 Å². The van der Waals surface area contributed by atoms with Gasteiger partial charge in [-0.15, -0.1) is 11.8 Å². The molecular formula is C10H11F2NO3S. The fourth-order valence-electron chi connectivity index (χ4n) is 1.05. The van der Waals surface area contributed by atoms with E-state index in [0.717, 1.165) is 11.8 Å². The molecule has 1 aromatic carbocycles. The standard InChI is InChI=1S/C10H11F2NO3S/c1-5(14)6(2)17-10-8(11)3-7(13(15)16)4-9(10)12/h3-6,14H,1-2H3. The Kier molecular flexibility index (Phi) is 4.41. The van der Waals surface area contributed by atoms with Crippen molar-refractivity contribution in [3.63, 3.8) is 0 Å². The molecule has 0 saturated carbocycles. The third-order valence-electron chi connectivity index (χ3n) is 2.18. The number of non-ortho nitro benzene ring substituents is 1. The van der Waals surface area contributed by atoms with Crippen LogP contribution in [0.3, 0.4) is 0 Å². The fourth-order valence-corrected chi connectivity index (χ4v) is 1.96. The van der Waals surface area contributed by atoms with E-state index in [1.54, 1.807) is 6.92 Å². The van der Waals surface area contributed by atoms with Crippen LogP contribution in [0.4, 0.5) is 14.5 Å². The van der Waals surface area contributed by atoms with Crippen molar-refractivity contribution >= 4 is 17.4 Å². The average molecular weight is 263 g/mol. The van der Waals surface area contributed by atoms with Crippen LogP contribution in [0.1, 0.15) is 13.8 Å². The molecule has 0 aromatic heterocycles. The number of aliphatic hydroxyl groups excluding tert-OH is 1. The van der Waals surface area contributed by atoms with Gasteiger partial charge >= 0.3 is 0 Å². The van der Waals surface area contributed by atoms with E-state index < -0.39 is 33.6 Å². The van der Waals surface area contributed by atoms with E-state index in [4.69, 9.17) is 0 Å². The van der Waals surface area contributed by atoms with Gasteiger partial charge in [-0.1, -0.05) is 6.92 Å². The summed E-state index contributed by atoms with van der Waals surface area (Å²) in [5.41, 5.74) is -0.631. The van der Waals surface area contributed by atoms with Gasteiger partial charge in [0.25, 0.3) is 5.69 Å². The number of nitro benzene ring substituents is 1. The van der Waals surface area contributed by atoms with Crippen molar-refractivity contribution in [1.29, 1.82) is 0 Å². The molecule has 0 spiro atoms. The SMILES string of the molecule is CC(O)C(C)Sc1c(F)cc([N+](=O)[O-])cc1F. The van der Waals surface area contributed by atoms with Crippen molar-refractivity contribution in [3.05, 3.63) is 33.9 Å². The van der Waals surface area contributed by atoms with E-state index in [0.29, 0.717) is 12.1 Å². The van der Waals surface area contributed by atoms with E-state index in [2.05, 4.69) is 0 Å². The lowest BCUT2D eigenvalue weighted by Crippen LogP contribution is -2.15. The van der Waals surface area contributed by atoms with Crippen molar-refractivity contribution in [3.8, 4) is 0 Å². The lowest BCUT2D eigenvalue weighted by molar-refractivity contribution is -0.385. The Balaban J connectivity index is 3.06. The molecule has 0 amide bonds. The van der Waals surface area contributed by atoms with Crippen molar-refractivity contribution < 1.29 is 18.8 Å². The number of hydrogen-bond acceptors (Lipinski definition) is 4. The number of thioether (sulfide) groups is 1. The van der Waals surface area contributed by atoms with Crippen molar-refractivity contribution in [2.24, 2.45) is 0 Å². The zero-order chi connectivity index (χ0) is 13.2. The van der Waals surface area contributed by atoms with E-state index in [-0.39, 0.29) is 4.90 Å². The van der Waals surface area contributed by atoms with Crippen LogP contribution < -0.4 is 0 Å². The molecule has 17 heavy (non-hydrogen) atoms. The van der Waals surface area contributed by atoms with E-state index in [1.165, 1.54) is 6.92 Å². The molecule has 94 valence electrons. The molecular weight excluding hydrogens is 252 g/mol. The predicted molar refractivity (Wildman–Crippen MR) is 60.0 cm³/mol. The van der Waals surface area contributed by atoms with E-state index in [9.17, 15) is 24.0 Å². The smallest absolute Gasteiger partial charge is 0.275 e. The number of aliphatic hydroxyl groups is 1. The Morgan fingerprint density at radius 2 is 1.82 bits per heavy atom. The molecule has 0 aliphatic heterocycles. The number of nitro groups is 1. The Hall–Kier alpha value is -1.21. The van der Waals surface area contributed by atoms with Gasteiger partial charge in [-0.3, -0.25) is 10.1 Å². The highest BCUT2D eigenvalue weighted by Gasteiger charge is 2.20. The quantitative estimate of drug-likeness (QED) is 0.515. The number of nitrogens with zero attached hydrogens (tertiary/aromatic N) is 1. The van der Waals surface area contributed by atoms with E-state index >= 15 is 0 Å². The molecule has 0 bridgehead atoms. The largest absolute Gasteiger partial charge is 0.392 e. The molecule has 2 atom stereocenters. The number of rotatable bonds is 4. The topological polar surface area (TPSA) is 63.4 Å². The summed E-state index contributed by atoms with van der Waals surface area (Å²) in [4.78, 5) is 9.19.